The zero-order chi connectivity index (χ0) is 31.6. The summed E-state index contributed by atoms with van der Waals surface area (Å²) in [6, 6.07) is 42.7. The summed E-state index contributed by atoms with van der Waals surface area (Å²) in [7, 11) is 0. The van der Waals surface area contributed by atoms with Gasteiger partial charge in [0.2, 0.25) is 0 Å². The maximum Gasteiger partial charge on any atom is 0 e. The van der Waals surface area contributed by atoms with Crippen LogP contribution in [0.1, 0.15) is 30.9 Å². The first-order valence-corrected chi connectivity index (χ1v) is 23.7. The minimum atomic E-state index is -1.77. The van der Waals surface area contributed by atoms with Gasteiger partial charge in [-0.25, -0.2) is 0 Å². The topological polar surface area (TPSA) is 25.8 Å². The summed E-state index contributed by atoms with van der Waals surface area (Å²) in [5, 5.41) is 2.58. The van der Waals surface area contributed by atoms with E-state index in [1.165, 1.54) is 46.8 Å². The van der Waals surface area contributed by atoms with Gasteiger partial charge in [-0.05, 0) is 45.0 Å². The second-order valence-corrected chi connectivity index (χ2v) is 24.4. The van der Waals surface area contributed by atoms with Crippen LogP contribution in [-0.4, -0.2) is 23.2 Å². The quantitative estimate of drug-likeness (QED) is 0.127. The van der Waals surface area contributed by atoms with E-state index in [9.17, 15) is 0 Å². The zero-order valence-corrected chi connectivity index (χ0v) is 32.5. The van der Waals surface area contributed by atoms with Crippen LogP contribution < -0.4 is 4.40 Å². The van der Waals surface area contributed by atoms with Crippen molar-refractivity contribution in [3.05, 3.63) is 139 Å². The summed E-state index contributed by atoms with van der Waals surface area (Å²) in [5.74, 6) is 7.69. The molecule has 7 aromatic rings. The number of aromatic nitrogens is 2. The third-order valence-corrected chi connectivity index (χ3v) is 13.8. The molecule has 0 saturated heterocycles. The van der Waals surface area contributed by atoms with Gasteiger partial charge in [-0.1, -0.05) is 73.3 Å². The van der Waals surface area contributed by atoms with Crippen LogP contribution >= 0.6 is 11.3 Å². The number of thiophene rings is 1. The van der Waals surface area contributed by atoms with E-state index in [1.807, 2.05) is 41.8 Å². The van der Waals surface area contributed by atoms with Crippen LogP contribution in [0.3, 0.4) is 0 Å². The normalized spacial score (nSPS) is 11.3. The summed E-state index contributed by atoms with van der Waals surface area (Å²) in [4.78, 5) is 9.24. The summed E-state index contributed by atoms with van der Waals surface area (Å²) >= 11 is 0.0624. The maximum atomic E-state index is 4.65. The second-order valence-electron chi connectivity index (χ2n) is 12.8. The first-order valence-electron chi connectivity index (χ1n) is 15.5. The molecule has 1 radical (unpaired) electrons. The van der Waals surface area contributed by atoms with Gasteiger partial charge in [0.05, 0.1) is 0 Å². The van der Waals surface area contributed by atoms with Gasteiger partial charge in [0.15, 0.2) is 0 Å². The summed E-state index contributed by atoms with van der Waals surface area (Å²) in [6.07, 6.45) is 3.99. The van der Waals surface area contributed by atoms with Crippen molar-refractivity contribution < 1.29 is 20.1 Å². The molecule has 4 aromatic carbocycles. The number of rotatable bonds is 5. The molecule has 5 heteroatoms. The number of hydrogen-bond donors (Lipinski definition) is 0. The molecule has 2 nitrogen and oxygen atoms in total. The number of nitrogens with zero attached hydrogens (tertiary/aromatic N) is 2. The fourth-order valence-electron chi connectivity index (χ4n) is 5.73. The third kappa shape index (κ3) is 7.42. The molecule has 0 saturated carbocycles. The fourth-order valence-corrected chi connectivity index (χ4v) is 10.6. The van der Waals surface area contributed by atoms with Gasteiger partial charge in [-0.3, -0.25) is 0 Å². The van der Waals surface area contributed by atoms with Crippen LogP contribution in [0, 0.1) is 19.1 Å². The van der Waals surface area contributed by atoms with Gasteiger partial charge in [-0.15, -0.1) is 23.8 Å². The zero-order valence-electron chi connectivity index (χ0n) is 27.2. The average molecular weight is 856 g/mol. The first-order chi connectivity index (χ1) is 21.7. The van der Waals surface area contributed by atoms with E-state index in [4.69, 9.17) is 0 Å². The molecular formula is C41H38GeIrN2S-2. The van der Waals surface area contributed by atoms with Gasteiger partial charge in [0.1, 0.15) is 0 Å². The molecule has 0 N–H and O–H groups in total. The minimum absolute atomic E-state index is 0. The van der Waals surface area contributed by atoms with Crippen molar-refractivity contribution in [1.29, 1.82) is 0 Å². The van der Waals surface area contributed by atoms with Crippen LogP contribution in [0.5, 0.6) is 0 Å². The van der Waals surface area contributed by atoms with Gasteiger partial charge >= 0.3 is 106 Å². The Morgan fingerprint density at radius 3 is 2.20 bits per heavy atom. The fraction of sp³-hybridized carbons (Fsp3) is 0.171. The molecule has 0 fully saturated rings. The minimum Gasteiger partial charge on any atom is 0 e. The van der Waals surface area contributed by atoms with E-state index in [2.05, 4.69) is 145 Å². The predicted molar refractivity (Wildman–Crippen MR) is 197 cm³/mol. The molecule has 0 aliphatic rings. The molecule has 0 aliphatic carbocycles. The van der Waals surface area contributed by atoms with Crippen molar-refractivity contribution in [2.45, 2.75) is 44.0 Å². The summed E-state index contributed by atoms with van der Waals surface area (Å²) in [5.41, 5.74) is 9.39. The van der Waals surface area contributed by atoms with Crippen LogP contribution in [-0.2, 0) is 20.1 Å². The van der Waals surface area contributed by atoms with Gasteiger partial charge in [0.25, 0.3) is 0 Å². The predicted octanol–water partition coefficient (Wildman–Crippen LogP) is 11.1. The largest absolute Gasteiger partial charge is 0 e. The van der Waals surface area contributed by atoms with Crippen molar-refractivity contribution in [2.75, 3.05) is 0 Å². The van der Waals surface area contributed by atoms with Crippen LogP contribution in [0.15, 0.2) is 116 Å². The molecule has 7 rings (SSSR count). The molecule has 0 aliphatic heterocycles. The molecule has 0 spiro atoms. The van der Waals surface area contributed by atoms with E-state index in [0.717, 1.165) is 22.5 Å². The van der Waals surface area contributed by atoms with Crippen molar-refractivity contribution in [1.82, 2.24) is 9.97 Å². The molecule has 0 atom stereocenters. The molecule has 3 aromatic heterocycles. The molecule has 46 heavy (non-hydrogen) atoms. The molecule has 233 valence electrons. The average Bonchev–Trinajstić information content (AvgIpc) is 3.43. The van der Waals surface area contributed by atoms with E-state index in [-0.39, 0.29) is 20.1 Å². The molecule has 0 bridgehead atoms. The third-order valence-electron chi connectivity index (χ3n) is 8.15. The molecular weight excluding hydrogens is 817 g/mol. The SMILES string of the molecule is CC(C)c1ccnc(-c2[c-]ccc3c2sc2cc(-c4ccccc4)ccc23)c1.Cc1cc(-c2[c-]cccc2)nc[c]1[Ge]([CH3])([CH3])[CH3].[Ir]. The Labute approximate surface area is 293 Å². The van der Waals surface area contributed by atoms with Gasteiger partial charge in [-0.2, -0.15) is 11.3 Å². The number of benzene rings is 4. The number of pyridine rings is 2. The van der Waals surface area contributed by atoms with Gasteiger partial charge in [0, 0.05) is 31.0 Å². The van der Waals surface area contributed by atoms with Crippen molar-refractivity contribution >= 4 is 49.2 Å². The second kappa shape index (κ2) is 14.6. The van der Waals surface area contributed by atoms with E-state index >= 15 is 0 Å². The Balaban J connectivity index is 0.000000200. The Kier molecular flexibility index (Phi) is 10.7. The van der Waals surface area contributed by atoms with Crippen LogP contribution in [0.25, 0.3) is 53.8 Å². The van der Waals surface area contributed by atoms with Crippen molar-refractivity contribution in [3.63, 3.8) is 0 Å². The van der Waals surface area contributed by atoms with E-state index < -0.39 is 13.3 Å². The first kappa shape index (κ1) is 33.9. The Hall–Kier alpha value is -3.41. The van der Waals surface area contributed by atoms with Crippen molar-refractivity contribution in [3.8, 4) is 33.6 Å². The molecule has 0 amide bonds. The van der Waals surface area contributed by atoms with Crippen LogP contribution in [0.4, 0.5) is 0 Å². The molecule has 3 heterocycles. The molecule has 0 unspecified atom stereocenters. The maximum absolute atomic E-state index is 4.65. The Morgan fingerprint density at radius 1 is 0.717 bits per heavy atom. The van der Waals surface area contributed by atoms with E-state index in [1.54, 1.807) is 0 Å². The monoisotopic (exact) mass is 857 g/mol. The Bertz CT molecular complexity index is 2080. The summed E-state index contributed by atoms with van der Waals surface area (Å²) < 4.78 is 4.05. The smallest absolute Gasteiger partial charge is 0 e. The van der Waals surface area contributed by atoms with Crippen molar-refractivity contribution in [2.24, 2.45) is 0 Å². The standard InChI is InChI=1S/C26H20NS.C15H18GeN.Ir/c1-17(2)19-13-14-27-24(15-19)23-10-6-9-22-21-12-11-20(16-25(21)28-26(22)23)18-7-4-3-5-8-18;1-12-10-15(13-8-6-5-7-9-13)17-11-14(12)16(2,3)4;/h3-9,11-17H,1-2H3;5-8,10-11H,1-4H3;/q2*-1;. The Morgan fingerprint density at radius 2 is 1.50 bits per heavy atom. The van der Waals surface area contributed by atoms with Gasteiger partial charge < -0.3 is 4.98 Å². The number of fused-ring (bicyclic) bond motifs is 3. The number of hydrogen-bond acceptors (Lipinski definition) is 3. The number of aryl methyl sites for hydroxylation is 1. The van der Waals surface area contributed by atoms with Crippen LogP contribution in [0.2, 0.25) is 17.3 Å². The van der Waals surface area contributed by atoms with E-state index in [0.29, 0.717) is 5.92 Å². The summed E-state index contributed by atoms with van der Waals surface area (Å²) in [6.45, 7) is 6.63.